The average molecular weight is 262 g/mol. The summed E-state index contributed by atoms with van der Waals surface area (Å²) in [5.41, 5.74) is 1.90. The van der Waals surface area contributed by atoms with Gasteiger partial charge in [-0.1, -0.05) is 12.1 Å². The molecule has 2 atom stereocenters. The number of carbonyl (C=O) groups is 1. The summed E-state index contributed by atoms with van der Waals surface area (Å²) in [5.74, 6) is -0.0433. The molecule has 1 aromatic rings. The van der Waals surface area contributed by atoms with Crippen LogP contribution in [0, 0.1) is 0 Å². The third-order valence-electron chi connectivity index (χ3n) is 3.76. The Morgan fingerprint density at radius 3 is 2.63 bits per heavy atom. The van der Waals surface area contributed by atoms with Crippen molar-refractivity contribution in [1.29, 1.82) is 0 Å². The summed E-state index contributed by atoms with van der Waals surface area (Å²) in [5, 5.41) is 6.16. The second-order valence-electron chi connectivity index (χ2n) is 5.02. The van der Waals surface area contributed by atoms with Crippen LogP contribution in [-0.4, -0.2) is 32.2 Å². The minimum Gasteiger partial charge on any atom is -0.381 e. The zero-order valence-electron chi connectivity index (χ0n) is 11.6. The van der Waals surface area contributed by atoms with Crippen molar-refractivity contribution < 1.29 is 9.53 Å². The van der Waals surface area contributed by atoms with Gasteiger partial charge in [0.2, 0.25) is 0 Å². The topological polar surface area (TPSA) is 50.4 Å². The lowest BCUT2D eigenvalue weighted by atomic mass is 10.1. The standard InChI is InChI=1S/C15H22N2O2/c1-16-15(18)12-5-3-11(4-6-12)10-17-13-7-8-14(9-13)19-2/h3-6,13-14,17H,7-10H2,1-2H3,(H,16,18). The van der Waals surface area contributed by atoms with Crippen LogP contribution >= 0.6 is 0 Å². The lowest BCUT2D eigenvalue weighted by Crippen LogP contribution is -2.26. The van der Waals surface area contributed by atoms with E-state index in [0.717, 1.165) is 19.4 Å². The largest absolute Gasteiger partial charge is 0.381 e. The van der Waals surface area contributed by atoms with E-state index in [-0.39, 0.29) is 5.91 Å². The SMILES string of the molecule is CNC(=O)c1ccc(CNC2CCC(OC)C2)cc1. The zero-order valence-corrected chi connectivity index (χ0v) is 11.6. The van der Waals surface area contributed by atoms with Crippen molar-refractivity contribution in [2.75, 3.05) is 14.2 Å². The molecule has 19 heavy (non-hydrogen) atoms. The van der Waals surface area contributed by atoms with E-state index in [0.29, 0.717) is 17.7 Å². The quantitative estimate of drug-likeness (QED) is 0.849. The summed E-state index contributed by atoms with van der Waals surface area (Å²) in [6.45, 7) is 0.842. The summed E-state index contributed by atoms with van der Waals surface area (Å²) in [4.78, 5) is 11.4. The van der Waals surface area contributed by atoms with Crippen LogP contribution in [0.3, 0.4) is 0 Å². The fraction of sp³-hybridized carbons (Fsp3) is 0.533. The van der Waals surface area contributed by atoms with Gasteiger partial charge in [-0.15, -0.1) is 0 Å². The predicted octanol–water partition coefficient (Wildman–Crippen LogP) is 1.70. The molecule has 2 unspecified atom stereocenters. The van der Waals surface area contributed by atoms with Gasteiger partial charge < -0.3 is 15.4 Å². The molecule has 1 saturated carbocycles. The first-order valence-corrected chi connectivity index (χ1v) is 6.80. The Kier molecular flexibility index (Phi) is 4.93. The number of ether oxygens (including phenoxy) is 1. The molecule has 1 aliphatic rings. The van der Waals surface area contributed by atoms with E-state index in [1.165, 1.54) is 12.0 Å². The van der Waals surface area contributed by atoms with E-state index >= 15 is 0 Å². The molecule has 0 saturated heterocycles. The highest BCUT2D eigenvalue weighted by molar-refractivity contribution is 5.93. The zero-order chi connectivity index (χ0) is 13.7. The van der Waals surface area contributed by atoms with E-state index in [1.807, 2.05) is 24.3 Å². The second kappa shape index (κ2) is 6.68. The van der Waals surface area contributed by atoms with Crippen LogP contribution in [-0.2, 0) is 11.3 Å². The van der Waals surface area contributed by atoms with Crippen molar-refractivity contribution in [3.05, 3.63) is 35.4 Å². The first kappa shape index (κ1) is 14.0. The number of benzene rings is 1. The number of methoxy groups -OCH3 is 1. The molecule has 0 spiro atoms. The minimum atomic E-state index is -0.0433. The first-order chi connectivity index (χ1) is 9.22. The van der Waals surface area contributed by atoms with Crippen LogP contribution in [0.1, 0.15) is 35.2 Å². The summed E-state index contributed by atoms with van der Waals surface area (Å²) < 4.78 is 5.36. The summed E-state index contributed by atoms with van der Waals surface area (Å²) in [6.07, 6.45) is 3.82. The van der Waals surface area contributed by atoms with Gasteiger partial charge in [-0.2, -0.15) is 0 Å². The molecule has 1 aliphatic carbocycles. The molecular weight excluding hydrogens is 240 g/mol. The maximum atomic E-state index is 11.4. The van der Waals surface area contributed by atoms with Crippen LogP contribution in [0.2, 0.25) is 0 Å². The predicted molar refractivity (Wildman–Crippen MR) is 75.1 cm³/mol. The van der Waals surface area contributed by atoms with Gasteiger partial charge in [0.05, 0.1) is 6.10 Å². The molecule has 0 heterocycles. The Balaban J connectivity index is 1.82. The van der Waals surface area contributed by atoms with Crippen LogP contribution in [0.15, 0.2) is 24.3 Å². The Morgan fingerprint density at radius 1 is 1.32 bits per heavy atom. The van der Waals surface area contributed by atoms with E-state index in [4.69, 9.17) is 4.74 Å². The highest BCUT2D eigenvalue weighted by Gasteiger charge is 2.23. The van der Waals surface area contributed by atoms with Gasteiger partial charge in [0, 0.05) is 32.3 Å². The molecule has 1 amide bonds. The van der Waals surface area contributed by atoms with E-state index < -0.39 is 0 Å². The lowest BCUT2D eigenvalue weighted by Gasteiger charge is -2.13. The maximum absolute atomic E-state index is 11.4. The fourth-order valence-corrected chi connectivity index (χ4v) is 2.52. The number of carbonyl (C=O) groups excluding carboxylic acids is 1. The molecule has 104 valence electrons. The third kappa shape index (κ3) is 3.78. The number of nitrogens with one attached hydrogen (secondary N) is 2. The van der Waals surface area contributed by atoms with Crippen LogP contribution in [0.4, 0.5) is 0 Å². The monoisotopic (exact) mass is 262 g/mol. The fourth-order valence-electron chi connectivity index (χ4n) is 2.52. The van der Waals surface area contributed by atoms with Crippen molar-refractivity contribution in [2.45, 2.75) is 38.0 Å². The first-order valence-electron chi connectivity index (χ1n) is 6.80. The second-order valence-corrected chi connectivity index (χ2v) is 5.02. The smallest absolute Gasteiger partial charge is 0.251 e. The number of hydrogen-bond acceptors (Lipinski definition) is 3. The van der Waals surface area contributed by atoms with Crippen LogP contribution in [0.5, 0.6) is 0 Å². The van der Waals surface area contributed by atoms with Crippen molar-refractivity contribution in [2.24, 2.45) is 0 Å². The Bertz CT molecular complexity index is 417. The number of rotatable bonds is 5. The summed E-state index contributed by atoms with van der Waals surface area (Å²) in [6, 6.07) is 8.27. The molecule has 1 aromatic carbocycles. The molecule has 2 N–H and O–H groups in total. The lowest BCUT2D eigenvalue weighted by molar-refractivity contribution is 0.0963. The molecule has 1 fully saturated rings. The summed E-state index contributed by atoms with van der Waals surface area (Å²) in [7, 11) is 3.43. The number of amides is 1. The normalized spacial score (nSPS) is 22.4. The highest BCUT2D eigenvalue weighted by Crippen LogP contribution is 2.21. The minimum absolute atomic E-state index is 0.0433. The van der Waals surface area contributed by atoms with Gasteiger partial charge in [-0.3, -0.25) is 4.79 Å². The molecular formula is C15H22N2O2. The highest BCUT2D eigenvalue weighted by atomic mass is 16.5. The van der Waals surface area contributed by atoms with E-state index in [2.05, 4.69) is 10.6 Å². The van der Waals surface area contributed by atoms with Gasteiger partial charge in [0.15, 0.2) is 0 Å². The van der Waals surface area contributed by atoms with Crippen molar-refractivity contribution in [3.8, 4) is 0 Å². The Hall–Kier alpha value is -1.39. The van der Waals surface area contributed by atoms with Crippen LogP contribution in [0.25, 0.3) is 0 Å². The molecule has 4 nitrogen and oxygen atoms in total. The van der Waals surface area contributed by atoms with E-state index in [1.54, 1.807) is 14.2 Å². The molecule has 0 bridgehead atoms. The number of hydrogen-bond donors (Lipinski definition) is 2. The van der Waals surface area contributed by atoms with Crippen molar-refractivity contribution >= 4 is 5.91 Å². The van der Waals surface area contributed by atoms with Gasteiger partial charge in [0.25, 0.3) is 5.91 Å². The van der Waals surface area contributed by atoms with Gasteiger partial charge >= 0.3 is 0 Å². The molecule has 4 heteroatoms. The van der Waals surface area contributed by atoms with E-state index in [9.17, 15) is 4.79 Å². The summed E-state index contributed by atoms with van der Waals surface area (Å²) >= 11 is 0. The Labute approximate surface area is 114 Å². The Morgan fingerprint density at radius 2 is 2.05 bits per heavy atom. The third-order valence-corrected chi connectivity index (χ3v) is 3.76. The molecule has 2 rings (SSSR count). The van der Waals surface area contributed by atoms with Gasteiger partial charge in [-0.05, 0) is 37.0 Å². The van der Waals surface area contributed by atoms with Gasteiger partial charge in [0.1, 0.15) is 0 Å². The van der Waals surface area contributed by atoms with Gasteiger partial charge in [-0.25, -0.2) is 0 Å². The van der Waals surface area contributed by atoms with Crippen molar-refractivity contribution in [3.63, 3.8) is 0 Å². The molecule has 0 aliphatic heterocycles. The average Bonchev–Trinajstić information content (AvgIpc) is 2.93. The molecule has 0 radical (unpaired) electrons. The van der Waals surface area contributed by atoms with Crippen molar-refractivity contribution in [1.82, 2.24) is 10.6 Å². The van der Waals surface area contributed by atoms with Crippen LogP contribution < -0.4 is 10.6 Å². The maximum Gasteiger partial charge on any atom is 0.251 e. The molecule has 0 aromatic heterocycles.